The van der Waals surface area contributed by atoms with Gasteiger partial charge < -0.3 is 19.3 Å². The van der Waals surface area contributed by atoms with Crippen molar-refractivity contribution in [2.45, 2.75) is 0 Å². The molecule has 58 heavy (non-hydrogen) atoms. The van der Waals surface area contributed by atoms with Crippen molar-refractivity contribution in [1.82, 2.24) is 0 Å². The van der Waals surface area contributed by atoms with E-state index in [1.54, 1.807) is 0 Å². The lowest BCUT2D eigenvalue weighted by molar-refractivity contribution is 0.477. The SMILES string of the molecule is c1ccc(-c2c3ccccc3c(N3c4ccccc4Oc4ccc(-c5ccc6c(c5)N(c5ccccc5)c5ccc7ccccc7c5O6)cc43)c3ccccc23)cc1. The average Bonchev–Trinajstić information content (AvgIpc) is 3.29. The fourth-order valence-electron chi connectivity index (χ4n) is 9.01. The van der Waals surface area contributed by atoms with Crippen LogP contribution in [0.5, 0.6) is 23.0 Å². The topological polar surface area (TPSA) is 24.9 Å². The normalized spacial score (nSPS) is 12.7. The van der Waals surface area contributed by atoms with Gasteiger partial charge in [0.1, 0.15) is 0 Å². The standard InChI is InChI=1S/C54H34N2O2/c1-3-16-36(17-4-1)52-41-21-9-11-23-43(41)53(44-24-12-10-22-42(44)52)56-45-25-13-14-26-49(45)57-50-31-28-38(34-48(50)56)37-29-32-51-47(33-37)55(39-18-5-2-6-19-39)46-30-27-35-15-7-8-20-40(35)54(46)58-51/h1-34H. The van der Waals surface area contributed by atoms with E-state index in [-0.39, 0.29) is 0 Å². The van der Waals surface area contributed by atoms with Gasteiger partial charge in [0.2, 0.25) is 0 Å². The predicted molar refractivity (Wildman–Crippen MR) is 239 cm³/mol. The van der Waals surface area contributed by atoms with Crippen LogP contribution in [0.4, 0.5) is 34.1 Å². The van der Waals surface area contributed by atoms with E-state index >= 15 is 0 Å². The molecule has 0 aromatic heterocycles. The van der Waals surface area contributed by atoms with Crippen LogP contribution in [-0.4, -0.2) is 0 Å². The summed E-state index contributed by atoms with van der Waals surface area (Å²) in [6.07, 6.45) is 0. The van der Waals surface area contributed by atoms with E-state index in [0.29, 0.717) is 0 Å². The number of para-hydroxylation sites is 3. The Labute approximate surface area is 336 Å². The van der Waals surface area contributed by atoms with Crippen molar-refractivity contribution < 1.29 is 9.47 Å². The van der Waals surface area contributed by atoms with Crippen LogP contribution in [0, 0.1) is 0 Å². The van der Waals surface area contributed by atoms with Gasteiger partial charge in [-0.25, -0.2) is 0 Å². The fourth-order valence-corrected chi connectivity index (χ4v) is 9.01. The molecule has 4 nitrogen and oxygen atoms in total. The van der Waals surface area contributed by atoms with Crippen LogP contribution in [0.3, 0.4) is 0 Å². The third-order valence-corrected chi connectivity index (χ3v) is 11.6. The number of benzene rings is 10. The molecule has 0 unspecified atom stereocenters. The predicted octanol–water partition coefficient (Wildman–Crippen LogP) is 15.6. The second-order valence-electron chi connectivity index (χ2n) is 14.9. The smallest absolute Gasteiger partial charge is 0.159 e. The summed E-state index contributed by atoms with van der Waals surface area (Å²) in [5.74, 6) is 3.29. The molecule has 12 rings (SSSR count). The summed E-state index contributed by atoms with van der Waals surface area (Å²) in [5.41, 5.74) is 10.7. The van der Waals surface area contributed by atoms with E-state index in [1.807, 2.05) is 6.07 Å². The van der Waals surface area contributed by atoms with Crippen LogP contribution in [-0.2, 0) is 0 Å². The van der Waals surface area contributed by atoms with E-state index in [2.05, 4.69) is 210 Å². The van der Waals surface area contributed by atoms with Gasteiger partial charge in [-0.2, -0.15) is 0 Å². The van der Waals surface area contributed by atoms with Gasteiger partial charge in [-0.1, -0.05) is 152 Å². The summed E-state index contributed by atoms with van der Waals surface area (Å²) < 4.78 is 13.5. The third kappa shape index (κ3) is 4.95. The Morgan fingerprint density at radius 1 is 0.310 bits per heavy atom. The second kappa shape index (κ2) is 12.9. The summed E-state index contributed by atoms with van der Waals surface area (Å²) >= 11 is 0. The molecule has 4 heteroatoms. The number of anilines is 6. The monoisotopic (exact) mass is 742 g/mol. The molecule has 0 saturated carbocycles. The molecule has 2 aliphatic heterocycles. The lowest BCUT2D eigenvalue weighted by Gasteiger charge is -2.35. The molecule has 10 aromatic carbocycles. The van der Waals surface area contributed by atoms with Gasteiger partial charge >= 0.3 is 0 Å². The highest BCUT2D eigenvalue weighted by molar-refractivity contribution is 6.23. The third-order valence-electron chi connectivity index (χ3n) is 11.6. The summed E-state index contributed by atoms with van der Waals surface area (Å²) in [6.45, 7) is 0. The maximum absolute atomic E-state index is 6.79. The summed E-state index contributed by atoms with van der Waals surface area (Å²) in [7, 11) is 0. The summed E-state index contributed by atoms with van der Waals surface area (Å²) in [4.78, 5) is 4.73. The van der Waals surface area contributed by atoms with Gasteiger partial charge in [-0.3, -0.25) is 0 Å². The molecule has 10 aromatic rings. The lowest BCUT2D eigenvalue weighted by atomic mass is 9.89. The van der Waals surface area contributed by atoms with Crippen LogP contribution >= 0.6 is 0 Å². The number of nitrogens with zero attached hydrogens (tertiary/aromatic N) is 2. The molecule has 0 bridgehead atoms. The maximum Gasteiger partial charge on any atom is 0.159 e. The van der Waals surface area contributed by atoms with Crippen molar-refractivity contribution in [1.29, 1.82) is 0 Å². The van der Waals surface area contributed by atoms with E-state index in [1.165, 1.54) is 32.7 Å². The molecule has 0 fully saturated rings. The van der Waals surface area contributed by atoms with Gasteiger partial charge in [0.25, 0.3) is 0 Å². The van der Waals surface area contributed by atoms with Gasteiger partial charge in [-0.05, 0) is 93.0 Å². The first-order chi connectivity index (χ1) is 28.8. The van der Waals surface area contributed by atoms with Crippen LogP contribution in [0.25, 0.3) is 54.6 Å². The molecule has 0 N–H and O–H groups in total. The fraction of sp³-hybridized carbons (Fsp3) is 0. The molecule has 0 radical (unpaired) electrons. The number of hydrogen-bond donors (Lipinski definition) is 0. The average molecular weight is 743 g/mol. The zero-order chi connectivity index (χ0) is 38.2. The quantitative estimate of drug-likeness (QED) is 0.168. The van der Waals surface area contributed by atoms with Crippen LogP contribution < -0.4 is 19.3 Å². The Hall–Kier alpha value is -7.82. The molecule has 0 amide bonds. The van der Waals surface area contributed by atoms with E-state index in [9.17, 15) is 0 Å². The van der Waals surface area contributed by atoms with Crippen LogP contribution in [0.15, 0.2) is 206 Å². The Kier molecular flexibility index (Phi) is 7.20. The maximum atomic E-state index is 6.79. The number of hydrogen-bond acceptors (Lipinski definition) is 4. The second-order valence-corrected chi connectivity index (χ2v) is 14.9. The zero-order valence-corrected chi connectivity index (χ0v) is 31.3. The first-order valence-corrected chi connectivity index (χ1v) is 19.7. The minimum absolute atomic E-state index is 0.802. The summed E-state index contributed by atoms with van der Waals surface area (Å²) in [6, 6.07) is 73.1. The molecule has 0 aliphatic carbocycles. The van der Waals surface area contributed by atoms with Crippen molar-refractivity contribution >= 4 is 66.4 Å². The van der Waals surface area contributed by atoms with Crippen molar-refractivity contribution in [2.75, 3.05) is 9.80 Å². The van der Waals surface area contributed by atoms with Crippen LogP contribution in [0.1, 0.15) is 0 Å². The minimum atomic E-state index is 0.802. The number of fused-ring (bicyclic) bond motifs is 8. The van der Waals surface area contributed by atoms with Gasteiger partial charge in [0.15, 0.2) is 23.0 Å². The van der Waals surface area contributed by atoms with Crippen molar-refractivity contribution in [2.24, 2.45) is 0 Å². The zero-order valence-electron chi connectivity index (χ0n) is 31.3. The highest BCUT2D eigenvalue weighted by atomic mass is 16.5. The Balaban J connectivity index is 1.07. The molecule has 0 spiro atoms. The van der Waals surface area contributed by atoms with Gasteiger partial charge in [-0.15, -0.1) is 0 Å². The Bertz CT molecular complexity index is 3190. The number of ether oxygens (including phenoxy) is 2. The molecule has 0 atom stereocenters. The minimum Gasteiger partial charge on any atom is -0.453 e. The molecular formula is C54H34N2O2. The lowest BCUT2D eigenvalue weighted by Crippen LogP contribution is -2.17. The van der Waals surface area contributed by atoms with E-state index in [4.69, 9.17) is 9.47 Å². The first-order valence-electron chi connectivity index (χ1n) is 19.7. The largest absolute Gasteiger partial charge is 0.453 e. The van der Waals surface area contributed by atoms with Crippen molar-refractivity contribution in [3.05, 3.63) is 206 Å². The van der Waals surface area contributed by atoms with Crippen molar-refractivity contribution in [3.8, 4) is 45.3 Å². The summed E-state index contributed by atoms with van der Waals surface area (Å²) in [5, 5.41) is 6.97. The molecular weight excluding hydrogens is 709 g/mol. The highest BCUT2D eigenvalue weighted by Crippen LogP contribution is 2.57. The van der Waals surface area contributed by atoms with Crippen LogP contribution in [0.2, 0.25) is 0 Å². The van der Waals surface area contributed by atoms with Crippen molar-refractivity contribution in [3.63, 3.8) is 0 Å². The molecule has 2 aliphatic rings. The molecule has 0 saturated heterocycles. The molecule has 272 valence electrons. The Morgan fingerprint density at radius 2 is 0.845 bits per heavy atom. The van der Waals surface area contributed by atoms with Gasteiger partial charge in [0.05, 0.1) is 28.4 Å². The van der Waals surface area contributed by atoms with E-state index in [0.717, 1.165) is 79.0 Å². The number of rotatable bonds is 4. The van der Waals surface area contributed by atoms with Gasteiger partial charge in [0, 0.05) is 21.8 Å². The Morgan fingerprint density at radius 3 is 1.55 bits per heavy atom. The molecule has 2 heterocycles. The highest BCUT2D eigenvalue weighted by Gasteiger charge is 2.31. The van der Waals surface area contributed by atoms with E-state index < -0.39 is 0 Å². The first kappa shape index (κ1) is 32.4.